The van der Waals surface area contributed by atoms with E-state index < -0.39 is 5.91 Å². The predicted molar refractivity (Wildman–Crippen MR) is 113 cm³/mol. The minimum Gasteiger partial charge on any atom is -0.366 e. The first-order valence-corrected chi connectivity index (χ1v) is 8.89. The van der Waals surface area contributed by atoms with Crippen LogP contribution in [0.5, 0.6) is 0 Å². The summed E-state index contributed by atoms with van der Waals surface area (Å²) in [5, 5.41) is 5.53. The number of nitrogens with two attached hydrogens (primary N) is 1. The summed E-state index contributed by atoms with van der Waals surface area (Å²) in [6.45, 7) is 0. The Kier molecular flexibility index (Phi) is 4.86. The lowest BCUT2D eigenvalue weighted by molar-refractivity contribution is 0.100. The van der Waals surface area contributed by atoms with Gasteiger partial charge in [0, 0.05) is 16.9 Å². The first-order chi connectivity index (χ1) is 14.1. The molecule has 0 saturated carbocycles. The Bertz CT molecular complexity index is 1190. The van der Waals surface area contributed by atoms with Crippen LogP contribution in [-0.4, -0.2) is 21.9 Å². The number of carbonyl (C=O) groups is 2. The molecule has 1 heterocycles. The van der Waals surface area contributed by atoms with Crippen molar-refractivity contribution >= 4 is 34.3 Å². The highest BCUT2D eigenvalue weighted by Crippen LogP contribution is 2.23. The Labute approximate surface area is 166 Å². The van der Waals surface area contributed by atoms with Crippen molar-refractivity contribution in [1.29, 1.82) is 0 Å². The highest BCUT2D eigenvalue weighted by Gasteiger charge is 2.10. The second-order valence-electron chi connectivity index (χ2n) is 6.32. The van der Waals surface area contributed by atoms with Crippen LogP contribution >= 0.6 is 0 Å². The van der Waals surface area contributed by atoms with E-state index >= 15 is 0 Å². The number of primary amides is 1. The fourth-order valence-corrected chi connectivity index (χ4v) is 2.91. The number of amides is 3. The molecule has 0 radical (unpaired) electrons. The van der Waals surface area contributed by atoms with E-state index in [1.54, 1.807) is 48.7 Å². The molecule has 3 amide bonds. The second-order valence-corrected chi connectivity index (χ2v) is 6.32. The average Bonchev–Trinajstić information content (AvgIpc) is 2.74. The molecule has 0 atom stereocenters. The normalized spacial score (nSPS) is 10.5. The summed E-state index contributed by atoms with van der Waals surface area (Å²) in [6, 6.07) is 21.2. The van der Waals surface area contributed by atoms with Gasteiger partial charge in [-0.25, -0.2) is 9.78 Å². The van der Waals surface area contributed by atoms with Gasteiger partial charge in [0.15, 0.2) is 0 Å². The van der Waals surface area contributed by atoms with Gasteiger partial charge in [-0.05, 0) is 36.4 Å². The van der Waals surface area contributed by atoms with Crippen molar-refractivity contribution in [3.8, 4) is 11.3 Å². The van der Waals surface area contributed by atoms with E-state index in [4.69, 9.17) is 5.73 Å². The van der Waals surface area contributed by atoms with Gasteiger partial charge in [0.25, 0.3) is 5.91 Å². The van der Waals surface area contributed by atoms with E-state index in [1.165, 1.54) is 0 Å². The number of hydrogen-bond donors (Lipinski definition) is 3. The molecule has 4 aromatic rings. The van der Waals surface area contributed by atoms with Crippen LogP contribution in [0.2, 0.25) is 0 Å². The number of rotatable bonds is 4. The van der Waals surface area contributed by atoms with Gasteiger partial charge in [0.2, 0.25) is 0 Å². The first-order valence-electron chi connectivity index (χ1n) is 8.89. The van der Waals surface area contributed by atoms with Crippen LogP contribution in [-0.2, 0) is 0 Å². The van der Waals surface area contributed by atoms with E-state index in [2.05, 4.69) is 20.6 Å². The van der Waals surface area contributed by atoms with E-state index in [1.807, 2.05) is 30.3 Å². The maximum absolute atomic E-state index is 12.1. The summed E-state index contributed by atoms with van der Waals surface area (Å²) >= 11 is 0. The monoisotopic (exact) mass is 383 g/mol. The maximum atomic E-state index is 12.1. The van der Waals surface area contributed by atoms with Gasteiger partial charge in [0.1, 0.15) is 5.52 Å². The summed E-state index contributed by atoms with van der Waals surface area (Å²) in [6.07, 6.45) is 1.64. The molecule has 0 saturated heterocycles. The Hall–Kier alpha value is -4.26. The minimum absolute atomic E-state index is 0.327. The number of benzene rings is 3. The molecule has 0 aliphatic heterocycles. The van der Waals surface area contributed by atoms with Gasteiger partial charge in [0.05, 0.1) is 23.0 Å². The number of anilines is 2. The molecule has 29 heavy (non-hydrogen) atoms. The summed E-state index contributed by atoms with van der Waals surface area (Å²) in [5.41, 5.74) is 9.56. The van der Waals surface area contributed by atoms with Crippen LogP contribution in [0.4, 0.5) is 16.2 Å². The zero-order valence-electron chi connectivity index (χ0n) is 15.3. The second kappa shape index (κ2) is 7.77. The van der Waals surface area contributed by atoms with Crippen LogP contribution < -0.4 is 16.4 Å². The summed E-state index contributed by atoms with van der Waals surface area (Å²) in [4.78, 5) is 32.7. The Morgan fingerprint density at radius 2 is 1.48 bits per heavy atom. The van der Waals surface area contributed by atoms with Crippen molar-refractivity contribution in [2.75, 3.05) is 10.6 Å². The number of nitrogens with one attached hydrogen (secondary N) is 2. The zero-order chi connectivity index (χ0) is 20.2. The van der Waals surface area contributed by atoms with Gasteiger partial charge in [-0.3, -0.25) is 9.78 Å². The molecular weight excluding hydrogens is 366 g/mol. The van der Waals surface area contributed by atoms with E-state index in [-0.39, 0.29) is 6.03 Å². The van der Waals surface area contributed by atoms with Crippen LogP contribution in [0.25, 0.3) is 22.3 Å². The molecule has 0 unspecified atom stereocenters. The smallest absolute Gasteiger partial charge is 0.323 e. The molecule has 0 aliphatic rings. The summed E-state index contributed by atoms with van der Waals surface area (Å²) in [7, 11) is 0. The third-order valence-corrected chi connectivity index (χ3v) is 4.31. The number of aromatic nitrogens is 2. The molecule has 0 fully saturated rings. The summed E-state index contributed by atoms with van der Waals surface area (Å²) in [5.74, 6) is -0.550. The Morgan fingerprint density at radius 3 is 2.17 bits per heavy atom. The van der Waals surface area contributed by atoms with Crippen molar-refractivity contribution < 1.29 is 9.59 Å². The highest BCUT2D eigenvalue weighted by molar-refractivity contribution is 6.04. The van der Waals surface area contributed by atoms with Crippen molar-refractivity contribution in [2.24, 2.45) is 5.73 Å². The third kappa shape index (κ3) is 4.03. The Balaban J connectivity index is 1.54. The SMILES string of the molecule is NC(=O)c1cccc2ncc(-c3ccc(NC(=O)Nc4ccccc4)cc3)nc12. The molecule has 0 bridgehead atoms. The highest BCUT2D eigenvalue weighted by atomic mass is 16.2. The minimum atomic E-state index is -0.550. The van der Waals surface area contributed by atoms with Crippen LogP contribution in [0.15, 0.2) is 79.0 Å². The number of hydrogen-bond acceptors (Lipinski definition) is 4. The number of para-hydroxylation sites is 2. The van der Waals surface area contributed by atoms with Crippen molar-refractivity contribution in [3.05, 3.63) is 84.6 Å². The first kappa shape index (κ1) is 18.1. The quantitative estimate of drug-likeness (QED) is 0.494. The van der Waals surface area contributed by atoms with Crippen LogP contribution in [0, 0.1) is 0 Å². The largest absolute Gasteiger partial charge is 0.366 e. The number of fused-ring (bicyclic) bond motifs is 1. The van der Waals surface area contributed by atoms with Crippen molar-refractivity contribution in [2.45, 2.75) is 0 Å². The molecule has 0 spiro atoms. The van der Waals surface area contributed by atoms with Gasteiger partial charge in [-0.15, -0.1) is 0 Å². The average molecular weight is 383 g/mol. The fraction of sp³-hybridized carbons (Fsp3) is 0. The third-order valence-electron chi connectivity index (χ3n) is 4.31. The topological polar surface area (TPSA) is 110 Å². The molecule has 4 rings (SSSR count). The maximum Gasteiger partial charge on any atom is 0.323 e. The molecule has 142 valence electrons. The van der Waals surface area contributed by atoms with Gasteiger partial charge < -0.3 is 16.4 Å². The molecule has 4 N–H and O–H groups in total. The summed E-state index contributed by atoms with van der Waals surface area (Å²) < 4.78 is 0. The van der Waals surface area contributed by atoms with Crippen LogP contribution in [0.3, 0.4) is 0 Å². The number of urea groups is 1. The lowest BCUT2D eigenvalue weighted by atomic mass is 10.1. The molecule has 3 aromatic carbocycles. The lowest BCUT2D eigenvalue weighted by Gasteiger charge is -2.09. The standard InChI is InChI=1S/C22H17N5O2/c23-21(28)17-7-4-8-18-20(17)27-19(13-24-18)14-9-11-16(12-10-14)26-22(29)25-15-5-2-1-3-6-15/h1-13H,(H2,23,28)(H2,25,26,29). The number of nitrogens with zero attached hydrogens (tertiary/aromatic N) is 2. The zero-order valence-corrected chi connectivity index (χ0v) is 15.3. The molecule has 0 aliphatic carbocycles. The van der Waals surface area contributed by atoms with E-state index in [0.717, 1.165) is 5.56 Å². The molecule has 7 nitrogen and oxygen atoms in total. The van der Waals surface area contributed by atoms with E-state index in [9.17, 15) is 9.59 Å². The predicted octanol–water partition coefficient (Wildman–Crippen LogP) is 4.04. The molecular formula is C22H17N5O2. The fourth-order valence-electron chi connectivity index (χ4n) is 2.91. The Morgan fingerprint density at radius 1 is 0.793 bits per heavy atom. The molecule has 1 aromatic heterocycles. The van der Waals surface area contributed by atoms with Crippen LogP contribution in [0.1, 0.15) is 10.4 Å². The van der Waals surface area contributed by atoms with Crippen molar-refractivity contribution in [1.82, 2.24) is 9.97 Å². The lowest BCUT2D eigenvalue weighted by Crippen LogP contribution is -2.19. The van der Waals surface area contributed by atoms with E-state index in [0.29, 0.717) is 33.7 Å². The molecule has 7 heteroatoms. The van der Waals surface area contributed by atoms with Gasteiger partial charge in [-0.1, -0.05) is 36.4 Å². The van der Waals surface area contributed by atoms with Gasteiger partial charge >= 0.3 is 6.03 Å². The number of carbonyl (C=O) groups excluding carboxylic acids is 2. The van der Waals surface area contributed by atoms with Gasteiger partial charge in [-0.2, -0.15) is 0 Å². The van der Waals surface area contributed by atoms with Crippen molar-refractivity contribution in [3.63, 3.8) is 0 Å².